The summed E-state index contributed by atoms with van der Waals surface area (Å²) in [6.07, 6.45) is 0. The zero-order valence-corrected chi connectivity index (χ0v) is 12.6. The summed E-state index contributed by atoms with van der Waals surface area (Å²) in [6.45, 7) is 1.23. The second kappa shape index (κ2) is 5.34. The van der Waals surface area contributed by atoms with Gasteiger partial charge < -0.3 is 10.2 Å². The first-order chi connectivity index (χ1) is 8.08. The van der Waals surface area contributed by atoms with Crippen LogP contribution in [0.25, 0.3) is 0 Å². The minimum absolute atomic E-state index is 0.0921. The molecule has 0 bridgehead atoms. The van der Waals surface area contributed by atoms with Gasteiger partial charge in [0.15, 0.2) is 0 Å². The zero-order chi connectivity index (χ0) is 12.4. The molecule has 1 aromatic rings. The Morgan fingerprint density at radius 1 is 1.47 bits per heavy atom. The van der Waals surface area contributed by atoms with Crippen molar-refractivity contribution in [3.05, 3.63) is 31.8 Å². The fraction of sp³-hybridized carbons (Fsp3) is 0.273. The quantitative estimate of drug-likeness (QED) is 0.718. The highest BCUT2D eigenvalue weighted by atomic mass is 127. The molecule has 2 amide bonds. The van der Waals surface area contributed by atoms with E-state index >= 15 is 0 Å². The van der Waals surface area contributed by atoms with Gasteiger partial charge in [0.2, 0.25) is 5.91 Å². The van der Waals surface area contributed by atoms with Crippen LogP contribution in [0.5, 0.6) is 0 Å². The molecule has 0 radical (unpaired) electrons. The topological polar surface area (TPSA) is 49.4 Å². The van der Waals surface area contributed by atoms with Crippen LogP contribution in [0, 0.1) is 3.57 Å². The van der Waals surface area contributed by atoms with Crippen molar-refractivity contribution in [1.29, 1.82) is 0 Å². The number of amides is 2. The van der Waals surface area contributed by atoms with E-state index in [0.29, 0.717) is 18.7 Å². The van der Waals surface area contributed by atoms with Crippen LogP contribution < -0.4 is 5.32 Å². The molecule has 1 N–H and O–H groups in total. The number of piperazine rings is 1. The van der Waals surface area contributed by atoms with Crippen molar-refractivity contribution in [1.82, 2.24) is 10.2 Å². The Kier molecular flexibility index (Phi) is 4.03. The maximum absolute atomic E-state index is 12.2. The van der Waals surface area contributed by atoms with Crippen molar-refractivity contribution in [2.24, 2.45) is 0 Å². The fourth-order valence-electron chi connectivity index (χ4n) is 1.64. The lowest BCUT2D eigenvalue weighted by molar-refractivity contribution is -0.123. The van der Waals surface area contributed by atoms with E-state index in [2.05, 4.69) is 43.8 Å². The Morgan fingerprint density at radius 3 is 2.94 bits per heavy atom. The molecule has 2 rings (SSSR count). The third-order valence-electron chi connectivity index (χ3n) is 2.48. The Bertz CT molecular complexity index is 479. The average molecular weight is 409 g/mol. The molecule has 0 atom stereocenters. The summed E-state index contributed by atoms with van der Waals surface area (Å²) in [4.78, 5) is 25.1. The molecule has 1 aromatic carbocycles. The largest absolute Gasteiger partial charge is 0.353 e. The van der Waals surface area contributed by atoms with E-state index in [4.69, 9.17) is 0 Å². The van der Waals surface area contributed by atoms with Gasteiger partial charge in [-0.25, -0.2) is 0 Å². The molecule has 1 aliphatic rings. The van der Waals surface area contributed by atoms with Gasteiger partial charge in [0.25, 0.3) is 5.91 Å². The second-order valence-electron chi connectivity index (χ2n) is 3.70. The van der Waals surface area contributed by atoms with E-state index in [1.165, 1.54) is 0 Å². The highest BCUT2D eigenvalue weighted by Gasteiger charge is 2.23. The van der Waals surface area contributed by atoms with E-state index in [-0.39, 0.29) is 18.4 Å². The van der Waals surface area contributed by atoms with Crippen molar-refractivity contribution in [2.75, 3.05) is 19.6 Å². The molecular formula is C11H10BrIN2O2. The van der Waals surface area contributed by atoms with Gasteiger partial charge in [-0.1, -0.05) is 15.9 Å². The number of hydrogen-bond acceptors (Lipinski definition) is 2. The minimum Gasteiger partial charge on any atom is -0.353 e. The van der Waals surface area contributed by atoms with E-state index in [1.807, 2.05) is 12.1 Å². The van der Waals surface area contributed by atoms with E-state index < -0.39 is 0 Å². The first-order valence-electron chi connectivity index (χ1n) is 5.09. The van der Waals surface area contributed by atoms with E-state index in [0.717, 1.165) is 8.04 Å². The van der Waals surface area contributed by atoms with Crippen LogP contribution in [-0.4, -0.2) is 36.3 Å². The first-order valence-corrected chi connectivity index (χ1v) is 6.96. The SMILES string of the molecule is O=C1CN(C(=O)c2cc(Br)ccc2I)CCN1. The standard InChI is InChI=1S/C11H10BrIN2O2/c12-7-1-2-9(13)8(5-7)11(17)15-4-3-14-10(16)6-15/h1-2,5H,3-4,6H2,(H,14,16). The van der Waals surface area contributed by atoms with Crippen molar-refractivity contribution < 1.29 is 9.59 Å². The number of hydrogen-bond donors (Lipinski definition) is 1. The number of rotatable bonds is 1. The summed E-state index contributed by atoms with van der Waals surface area (Å²) in [5.41, 5.74) is 0.634. The number of carbonyl (C=O) groups excluding carboxylic acids is 2. The summed E-state index contributed by atoms with van der Waals surface area (Å²) in [6, 6.07) is 5.56. The maximum atomic E-state index is 12.2. The van der Waals surface area contributed by atoms with Crippen molar-refractivity contribution in [2.45, 2.75) is 0 Å². The Morgan fingerprint density at radius 2 is 2.24 bits per heavy atom. The maximum Gasteiger partial charge on any atom is 0.255 e. The van der Waals surface area contributed by atoms with Crippen LogP contribution in [0.2, 0.25) is 0 Å². The Balaban J connectivity index is 2.24. The predicted octanol–water partition coefficient (Wildman–Crippen LogP) is 1.63. The van der Waals surface area contributed by atoms with Crippen LogP contribution in [0.15, 0.2) is 22.7 Å². The van der Waals surface area contributed by atoms with E-state index in [9.17, 15) is 9.59 Å². The van der Waals surface area contributed by atoms with E-state index in [1.54, 1.807) is 11.0 Å². The highest BCUT2D eigenvalue weighted by Crippen LogP contribution is 2.20. The molecule has 1 heterocycles. The number of carbonyl (C=O) groups is 2. The first kappa shape index (κ1) is 12.8. The molecule has 0 aromatic heterocycles. The molecule has 6 heteroatoms. The van der Waals surface area contributed by atoms with Gasteiger partial charge in [0.05, 0.1) is 12.1 Å². The predicted molar refractivity (Wildman–Crippen MR) is 75.8 cm³/mol. The third kappa shape index (κ3) is 2.98. The van der Waals surface area contributed by atoms with Crippen LogP contribution in [0.3, 0.4) is 0 Å². The molecule has 0 saturated carbocycles. The van der Waals surface area contributed by atoms with Gasteiger partial charge in [-0.15, -0.1) is 0 Å². The van der Waals surface area contributed by atoms with Crippen LogP contribution in [-0.2, 0) is 4.79 Å². The van der Waals surface area contributed by atoms with Crippen LogP contribution in [0.1, 0.15) is 10.4 Å². The smallest absolute Gasteiger partial charge is 0.255 e. The van der Waals surface area contributed by atoms with Gasteiger partial charge >= 0.3 is 0 Å². The molecule has 17 heavy (non-hydrogen) atoms. The lowest BCUT2D eigenvalue weighted by atomic mass is 10.2. The number of benzene rings is 1. The van der Waals surface area contributed by atoms with Crippen molar-refractivity contribution >= 4 is 50.3 Å². The van der Waals surface area contributed by atoms with Gasteiger partial charge in [-0.3, -0.25) is 9.59 Å². The monoisotopic (exact) mass is 408 g/mol. The Labute approximate surface area is 121 Å². The molecule has 1 fully saturated rings. The summed E-state index contributed by atoms with van der Waals surface area (Å²) < 4.78 is 1.75. The summed E-state index contributed by atoms with van der Waals surface area (Å²) in [5.74, 6) is -0.194. The van der Waals surface area contributed by atoms with Crippen molar-refractivity contribution in [3.63, 3.8) is 0 Å². The lowest BCUT2D eigenvalue weighted by Gasteiger charge is -2.27. The molecule has 90 valence electrons. The summed E-state index contributed by atoms with van der Waals surface area (Å²) in [5, 5.41) is 2.70. The molecule has 0 aliphatic carbocycles. The Hall–Kier alpha value is -0.630. The average Bonchev–Trinajstić information content (AvgIpc) is 2.31. The number of halogens is 2. The lowest BCUT2D eigenvalue weighted by Crippen LogP contribution is -2.50. The fourth-order valence-corrected chi connectivity index (χ4v) is 2.57. The number of nitrogens with one attached hydrogen (secondary N) is 1. The van der Waals surface area contributed by atoms with Crippen LogP contribution in [0.4, 0.5) is 0 Å². The minimum atomic E-state index is -0.102. The van der Waals surface area contributed by atoms with Crippen LogP contribution >= 0.6 is 38.5 Å². The highest BCUT2D eigenvalue weighted by molar-refractivity contribution is 14.1. The molecular weight excluding hydrogens is 399 g/mol. The molecule has 0 unspecified atom stereocenters. The third-order valence-corrected chi connectivity index (χ3v) is 3.92. The van der Waals surface area contributed by atoms with Gasteiger partial charge in [-0.05, 0) is 40.8 Å². The summed E-state index contributed by atoms with van der Waals surface area (Å²) in [7, 11) is 0. The van der Waals surface area contributed by atoms with Gasteiger partial charge in [-0.2, -0.15) is 0 Å². The molecule has 4 nitrogen and oxygen atoms in total. The zero-order valence-electron chi connectivity index (χ0n) is 8.87. The van der Waals surface area contributed by atoms with Gasteiger partial charge in [0.1, 0.15) is 0 Å². The number of nitrogens with zero attached hydrogens (tertiary/aromatic N) is 1. The molecule has 1 aliphatic heterocycles. The van der Waals surface area contributed by atoms with Gasteiger partial charge in [0, 0.05) is 21.1 Å². The summed E-state index contributed by atoms with van der Waals surface area (Å²) >= 11 is 5.47. The molecule has 0 spiro atoms. The normalized spacial score (nSPS) is 15.6. The molecule has 1 saturated heterocycles. The van der Waals surface area contributed by atoms with Crippen molar-refractivity contribution in [3.8, 4) is 0 Å². The second-order valence-corrected chi connectivity index (χ2v) is 5.78.